The number of carbonyl (C=O) groups excluding carboxylic acids is 1. The molecule has 0 aliphatic rings. The van der Waals surface area contributed by atoms with E-state index in [2.05, 4.69) is 9.47 Å². The van der Waals surface area contributed by atoms with Crippen molar-refractivity contribution in [3.63, 3.8) is 0 Å². The number of esters is 1. The van der Waals surface area contributed by atoms with Crippen molar-refractivity contribution in [1.82, 2.24) is 0 Å². The molecule has 0 N–H and O–H groups in total. The Labute approximate surface area is 80.2 Å². The van der Waals surface area contributed by atoms with Gasteiger partial charge in [0.15, 0.2) is 0 Å². The second-order valence-electron chi connectivity index (χ2n) is 2.68. The molecule has 3 nitrogen and oxygen atoms in total. The Kier molecular flexibility index (Phi) is 5.52. The predicted octanol–water partition coefficient (Wildman–Crippen LogP) is 2.46. The highest BCUT2D eigenvalue weighted by molar-refractivity contribution is 5.72. The molecular weight excluding hydrogens is 201 g/mol. The van der Waals surface area contributed by atoms with E-state index >= 15 is 0 Å². The molecule has 0 saturated heterocycles. The normalized spacial score (nSPS) is 11.9. The van der Waals surface area contributed by atoms with E-state index in [1.165, 1.54) is 0 Å². The van der Waals surface area contributed by atoms with Crippen molar-refractivity contribution < 1.29 is 27.4 Å². The van der Waals surface area contributed by atoms with Crippen LogP contribution in [0, 0.1) is 5.92 Å². The van der Waals surface area contributed by atoms with Crippen molar-refractivity contribution in [1.29, 1.82) is 0 Å². The highest BCUT2D eigenvalue weighted by Crippen LogP contribution is 2.16. The SMILES string of the molecule is CCC(CC)C(=O)OCOC(F)(F)F. The fraction of sp³-hybridized carbons (Fsp3) is 0.875. The number of rotatable bonds is 5. The zero-order valence-electron chi connectivity index (χ0n) is 8.06. The smallest absolute Gasteiger partial charge is 0.438 e. The van der Waals surface area contributed by atoms with Crippen molar-refractivity contribution in [2.75, 3.05) is 6.79 Å². The Morgan fingerprint density at radius 1 is 1.29 bits per heavy atom. The minimum Gasteiger partial charge on any atom is -0.438 e. The van der Waals surface area contributed by atoms with Crippen LogP contribution in [0.3, 0.4) is 0 Å². The van der Waals surface area contributed by atoms with Gasteiger partial charge in [-0.05, 0) is 12.8 Å². The fourth-order valence-corrected chi connectivity index (χ4v) is 0.894. The molecule has 0 radical (unpaired) electrons. The Bertz CT molecular complexity index is 175. The summed E-state index contributed by atoms with van der Waals surface area (Å²) in [6, 6.07) is 0. The molecule has 0 bridgehead atoms. The second kappa shape index (κ2) is 5.85. The lowest BCUT2D eigenvalue weighted by Gasteiger charge is -2.12. The second-order valence-corrected chi connectivity index (χ2v) is 2.68. The van der Waals surface area contributed by atoms with Gasteiger partial charge < -0.3 is 4.74 Å². The number of halogens is 3. The van der Waals surface area contributed by atoms with Gasteiger partial charge in [0, 0.05) is 0 Å². The zero-order valence-corrected chi connectivity index (χ0v) is 8.06. The van der Waals surface area contributed by atoms with Gasteiger partial charge in [-0.15, -0.1) is 13.2 Å². The van der Waals surface area contributed by atoms with Crippen LogP contribution in [0.15, 0.2) is 0 Å². The van der Waals surface area contributed by atoms with Crippen LogP contribution < -0.4 is 0 Å². The summed E-state index contributed by atoms with van der Waals surface area (Å²) in [5.41, 5.74) is 0. The number of hydrogen-bond acceptors (Lipinski definition) is 3. The standard InChI is InChI=1S/C8H13F3O3/c1-3-6(4-2)7(12)13-5-14-8(9,10)11/h6H,3-5H2,1-2H3. The number of carbonyl (C=O) groups is 1. The highest BCUT2D eigenvalue weighted by atomic mass is 19.4. The van der Waals surface area contributed by atoms with Crippen molar-refractivity contribution in [2.24, 2.45) is 5.92 Å². The minimum absolute atomic E-state index is 0.355. The number of ether oxygens (including phenoxy) is 2. The first-order chi connectivity index (χ1) is 6.40. The fourth-order valence-electron chi connectivity index (χ4n) is 0.894. The summed E-state index contributed by atoms with van der Waals surface area (Å²) in [6.07, 6.45) is -3.67. The first-order valence-corrected chi connectivity index (χ1v) is 4.28. The van der Waals surface area contributed by atoms with Crippen LogP contribution in [0.25, 0.3) is 0 Å². The molecule has 0 saturated carbocycles. The van der Waals surface area contributed by atoms with E-state index in [0.29, 0.717) is 12.8 Å². The van der Waals surface area contributed by atoms with E-state index in [-0.39, 0.29) is 5.92 Å². The van der Waals surface area contributed by atoms with Crippen molar-refractivity contribution in [3.8, 4) is 0 Å². The van der Waals surface area contributed by atoms with Crippen LogP contribution in [-0.2, 0) is 14.3 Å². The molecule has 0 aromatic heterocycles. The lowest BCUT2D eigenvalue weighted by Crippen LogP contribution is -2.22. The van der Waals surface area contributed by atoms with Crippen LogP contribution in [-0.4, -0.2) is 19.1 Å². The quantitative estimate of drug-likeness (QED) is 0.521. The third kappa shape index (κ3) is 5.80. The van der Waals surface area contributed by atoms with Crippen LogP contribution in [0.4, 0.5) is 13.2 Å². The first-order valence-electron chi connectivity index (χ1n) is 4.28. The molecule has 0 spiro atoms. The predicted molar refractivity (Wildman–Crippen MR) is 42.2 cm³/mol. The van der Waals surface area contributed by atoms with Crippen LogP contribution in [0.2, 0.25) is 0 Å². The average Bonchev–Trinajstić information content (AvgIpc) is 2.04. The van der Waals surface area contributed by atoms with Crippen molar-refractivity contribution >= 4 is 5.97 Å². The molecule has 0 heterocycles. The maximum Gasteiger partial charge on any atom is 0.525 e. The molecule has 0 rings (SSSR count). The summed E-state index contributed by atoms with van der Waals surface area (Å²) >= 11 is 0. The largest absolute Gasteiger partial charge is 0.525 e. The lowest BCUT2D eigenvalue weighted by molar-refractivity contribution is -0.345. The van der Waals surface area contributed by atoms with Crippen molar-refractivity contribution in [2.45, 2.75) is 33.1 Å². The zero-order chi connectivity index (χ0) is 11.2. The molecule has 0 amide bonds. The molecule has 14 heavy (non-hydrogen) atoms. The molecule has 0 unspecified atom stereocenters. The van der Waals surface area contributed by atoms with Gasteiger partial charge in [-0.2, -0.15) is 0 Å². The van der Waals surface area contributed by atoms with Crippen molar-refractivity contribution in [3.05, 3.63) is 0 Å². The molecule has 0 aliphatic heterocycles. The van der Waals surface area contributed by atoms with Gasteiger partial charge in [0.2, 0.25) is 6.79 Å². The summed E-state index contributed by atoms with van der Waals surface area (Å²) in [5.74, 6) is -1.01. The molecular formula is C8H13F3O3. The van der Waals surface area contributed by atoms with E-state index in [1.807, 2.05) is 0 Å². The maximum atomic E-state index is 11.5. The summed E-state index contributed by atoms with van der Waals surface area (Å²) in [7, 11) is 0. The summed E-state index contributed by atoms with van der Waals surface area (Å²) in [5, 5.41) is 0. The molecule has 0 fully saturated rings. The Morgan fingerprint density at radius 2 is 1.79 bits per heavy atom. The lowest BCUT2D eigenvalue weighted by atomic mass is 10.0. The average molecular weight is 214 g/mol. The molecule has 0 atom stereocenters. The Balaban J connectivity index is 3.74. The minimum atomic E-state index is -4.76. The third-order valence-corrected chi connectivity index (χ3v) is 1.74. The van der Waals surface area contributed by atoms with E-state index in [9.17, 15) is 18.0 Å². The summed E-state index contributed by atoms with van der Waals surface area (Å²) in [4.78, 5) is 11.0. The molecule has 0 aromatic carbocycles. The van der Waals surface area contributed by atoms with Gasteiger partial charge in [-0.1, -0.05) is 13.8 Å². The van der Waals surface area contributed by atoms with E-state index in [4.69, 9.17) is 0 Å². The Morgan fingerprint density at radius 3 is 2.14 bits per heavy atom. The number of alkyl halides is 3. The van der Waals surface area contributed by atoms with Gasteiger partial charge in [-0.25, -0.2) is 0 Å². The van der Waals surface area contributed by atoms with Crippen LogP contribution in [0.5, 0.6) is 0 Å². The van der Waals surface area contributed by atoms with E-state index in [1.54, 1.807) is 13.8 Å². The third-order valence-electron chi connectivity index (χ3n) is 1.74. The number of hydrogen-bond donors (Lipinski definition) is 0. The van der Waals surface area contributed by atoms with Gasteiger partial charge in [0.25, 0.3) is 0 Å². The van der Waals surface area contributed by atoms with Crippen LogP contribution in [0.1, 0.15) is 26.7 Å². The first kappa shape index (κ1) is 13.2. The van der Waals surface area contributed by atoms with Gasteiger partial charge in [0.05, 0.1) is 5.92 Å². The maximum absolute atomic E-state index is 11.5. The topological polar surface area (TPSA) is 35.5 Å². The van der Waals surface area contributed by atoms with E-state index in [0.717, 1.165) is 0 Å². The molecule has 84 valence electrons. The van der Waals surface area contributed by atoms with Crippen LogP contribution >= 0.6 is 0 Å². The van der Waals surface area contributed by atoms with Gasteiger partial charge in [-0.3, -0.25) is 9.53 Å². The van der Waals surface area contributed by atoms with Gasteiger partial charge in [0.1, 0.15) is 0 Å². The molecule has 0 aliphatic carbocycles. The molecule has 6 heteroatoms. The highest BCUT2D eigenvalue weighted by Gasteiger charge is 2.30. The summed E-state index contributed by atoms with van der Waals surface area (Å²) < 4.78 is 41.9. The Hall–Kier alpha value is -0.780. The van der Waals surface area contributed by atoms with E-state index < -0.39 is 19.1 Å². The molecule has 0 aromatic rings. The van der Waals surface area contributed by atoms with Gasteiger partial charge >= 0.3 is 12.3 Å². The summed E-state index contributed by atoms with van der Waals surface area (Å²) in [6.45, 7) is 2.46. The monoisotopic (exact) mass is 214 g/mol.